The third-order valence-electron chi connectivity index (χ3n) is 12.4. The van der Waals surface area contributed by atoms with Crippen molar-refractivity contribution in [1.82, 2.24) is 0 Å². The van der Waals surface area contributed by atoms with Crippen LogP contribution in [-0.4, -0.2) is 10.00 Å². The van der Waals surface area contributed by atoms with Gasteiger partial charge in [0.25, 0.3) is 0 Å². The van der Waals surface area contributed by atoms with E-state index < -0.39 is 0 Å². The van der Waals surface area contributed by atoms with Crippen molar-refractivity contribution in [3.05, 3.63) is 0 Å². The van der Waals surface area contributed by atoms with Crippen molar-refractivity contribution in [1.29, 1.82) is 0 Å². The van der Waals surface area contributed by atoms with E-state index in [1.54, 1.807) is 51.4 Å². The first kappa shape index (κ1) is 22.2. The average Bonchev–Trinajstić information content (AvgIpc) is 2.93. The zero-order chi connectivity index (χ0) is 21.3. The second kappa shape index (κ2) is 7.70. The highest BCUT2D eigenvalue weighted by atomic mass is 32.2. The van der Waals surface area contributed by atoms with Crippen molar-refractivity contribution in [2.45, 2.75) is 129 Å². The van der Waals surface area contributed by atoms with Gasteiger partial charge in [0.1, 0.15) is 0 Å². The van der Waals surface area contributed by atoms with Crippen LogP contribution in [0.15, 0.2) is 0 Å². The fourth-order valence-electron chi connectivity index (χ4n) is 10.5. The van der Waals surface area contributed by atoms with Gasteiger partial charge in [-0.2, -0.15) is 11.8 Å². The summed E-state index contributed by atoms with van der Waals surface area (Å²) < 4.78 is 0.623. The molecule has 5 aliphatic rings. The van der Waals surface area contributed by atoms with E-state index in [2.05, 4.69) is 53.3 Å². The molecule has 0 aromatic heterocycles. The number of hydrogen-bond donors (Lipinski definition) is 0. The van der Waals surface area contributed by atoms with E-state index in [0.717, 1.165) is 46.7 Å². The highest BCUT2D eigenvalue weighted by Crippen LogP contribution is 2.77. The molecule has 0 amide bonds. The van der Waals surface area contributed by atoms with Crippen molar-refractivity contribution in [3.63, 3.8) is 0 Å². The van der Waals surface area contributed by atoms with Crippen LogP contribution in [0.4, 0.5) is 0 Å². The Bertz CT molecular complexity index is 640. The summed E-state index contributed by atoms with van der Waals surface area (Å²) in [6, 6.07) is 0. The van der Waals surface area contributed by atoms with E-state index in [0.29, 0.717) is 15.6 Å². The minimum Gasteiger partial charge on any atom is -0.151 e. The van der Waals surface area contributed by atoms with Crippen LogP contribution >= 0.6 is 11.8 Å². The highest BCUT2D eigenvalue weighted by Gasteiger charge is 2.70. The van der Waals surface area contributed by atoms with Crippen LogP contribution in [0.1, 0.15) is 119 Å². The molecular weight excluding hydrogens is 380 g/mol. The summed E-state index contributed by atoms with van der Waals surface area (Å²) in [5.74, 6) is 6.83. The molecule has 30 heavy (non-hydrogen) atoms. The summed E-state index contributed by atoms with van der Waals surface area (Å²) in [5.41, 5.74) is 1.31. The molecule has 0 spiro atoms. The summed E-state index contributed by atoms with van der Waals surface area (Å²) in [4.78, 5) is 0. The van der Waals surface area contributed by atoms with Crippen molar-refractivity contribution >= 4 is 11.8 Å². The second-order valence-electron chi connectivity index (χ2n) is 13.4. The molecule has 5 fully saturated rings. The fourth-order valence-corrected chi connectivity index (χ4v) is 13.0. The Labute approximate surface area is 192 Å². The standard InChI is InChI=1S/C29H50S/c1-7-21(19(2)3)18-26-20(4)23-14-17-29(30-26)25-12-11-22-10-8-9-15-27(22,5)24(25)13-16-28(23,29)6/h19-26H,7-18H2,1-6H3/t20-,21?,22+,23+,24-,25+,26+,27-,28+,29-/m0/s1. The number of fused-ring (bicyclic) bond motifs is 3. The minimum absolute atomic E-state index is 0.623. The normalized spacial score (nSPS) is 53.7. The molecule has 1 unspecified atom stereocenters. The van der Waals surface area contributed by atoms with Gasteiger partial charge >= 0.3 is 0 Å². The maximum absolute atomic E-state index is 2.79. The van der Waals surface area contributed by atoms with Crippen LogP contribution in [0.25, 0.3) is 0 Å². The molecule has 10 atom stereocenters. The zero-order valence-electron chi connectivity index (χ0n) is 21.0. The largest absolute Gasteiger partial charge is 0.151 e. The van der Waals surface area contributed by atoms with E-state index in [1.807, 2.05) is 0 Å². The lowest BCUT2D eigenvalue weighted by molar-refractivity contribution is -0.105. The molecule has 1 heterocycles. The van der Waals surface area contributed by atoms with Crippen LogP contribution < -0.4 is 0 Å². The SMILES string of the molecule is CCC(C[C@H]1S[C@]23CC[C@H]([C@@H]1C)[C@@]2(C)CC[C@H]1[C@H]3CC[C@H]2CCCC[C@@]21C)C(C)C. The summed E-state index contributed by atoms with van der Waals surface area (Å²) in [5, 5.41) is 0.925. The molecule has 172 valence electrons. The van der Waals surface area contributed by atoms with Gasteiger partial charge in [0.05, 0.1) is 0 Å². The Morgan fingerprint density at radius 3 is 2.37 bits per heavy atom. The topological polar surface area (TPSA) is 0 Å². The van der Waals surface area contributed by atoms with Crippen LogP contribution in [-0.2, 0) is 0 Å². The van der Waals surface area contributed by atoms with Gasteiger partial charge in [0.2, 0.25) is 0 Å². The van der Waals surface area contributed by atoms with Crippen LogP contribution in [0, 0.1) is 52.3 Å². The Hall–Kier alpha value is 0.350. The van der Waals surface area contributed by atoms with Gasteiger partial charge in [-0.25, -0.2) is 0 Å². The van der Waals surface area contributed by atoms with Crippen molar-refractivity contribution in [2.75, 3.05) is 0 Å². The van der Waals surface area contributed by atoms with E-state index in [1.165, 1.54) is 25.7 Å². The maximum Gasteiger partial charge on any atom is 0.0250 e. The molecule has 1 saturated heterocycles. The third-order valence-corrected chi connectivity index (χ3v) is 14.7. The Kier molecular flexibility index (Phi) is 5.69. The molecule has 1 heteroatoms. The molecule has 0 N–H and O–H groups in total. The summed E-state index contributed by atoms with van der Waals surface area (Å²) in [7, 11) is 0. The lowest BCUT2D eigenvalue weighted by Gasteiger charge is -2.67. The van der Waals surface area contributed by atoms with Gasteiger partial charge in [-0.1, -0.05) is 60.8 Å². The minimum atomic E-state index is 0.623. The Morgan fingerprint density at radius 1 is 0.867 bits per heavy atom. The molecular formula is C29H50S. The van der Waals surface area contributed by atoms with Gasteiger partial charge in [-0.05, 0) is 110 Å². The predicted octanol–water partition coefficient (Wildman–Crippen LogP) is 8.98. The molecule has 0 aromatic rings. The van der Waals surface area contributed by atoms with Gasteiger partial charge in [-0.3, -0.25) is 0 Å². The van der Waals surface area contributed by atoms with Gasteiger partial charge in [-0.15, -0.1) is 0 Å². The van der Waals surface area contributed by atoms with Crippen molar-refractivity contribution < 1.29 is 0 Å². The van der Waals surface area contributed by atoms with Gasteiger partial charge in [0, 0.05) is 10.00 Å². The van der Waals surface area contributed by atoms with E-state index >= 15 is 0 Å². The zero-order valence-corrected chi connectivity index (χ0v) is 21.8. The molecule has 0 radical (unpaired) electrons. The quantitative estimate of drug-likeness (QED) is 0.429. The molecule has 4 aliphatic carbocycles. The highest BCUT2D eigenvalue weighted by molar-refractivity contribution is 8.01. The summed E-state index contributed by atoms with van der Waals surface area (Å²) >= 11 is 2.60. The smallest absolute Gasteiger partial charge is 0.0250 e. The van der Waals surface area contributed by atoms with Crippen LogP contribution in [0.3, 0.4) is 0 Å². The van der Waals surface area contributed by atoms with E-state index in [4.69, 9.17) is 0 Å². The van der Waals surface area contributed by atoms with E-state index in [9.17, 15) is 0 Å². The second-order valence-corrected chi connectivity index (χ2v) is 15.0. The molecule has 2 bridgehead atoms. The lowest BCUT2D eigenvalue weighted by atomic mass is 9.44. The number of rotatable bonds is 4. The van der Waals surface area contributed by atoms with Crippen molar-refractivity contribution in [2.24, 2.45) is 52.3 Å². The summed E-state index contributed by atoms with van der Waals surface area (Å²) in [6.45, 7) is 15.6. The first-order valence-corrected chi connectivity index (χ1v) is 14.8. The number of hydrogen-bond acceptors (Lipinski definition) is 1. The fraction of sp³-hybridized carbons (Fsp3) is 1.00. The first-order chi connectivity index (χ1) is 14.3. The van der Waals surface area contributed by atoms with Gasteiger partial charge in [0.15, 0.2) is 0 Å². The number of thioether (sulfide) groups is 1. The molecule has 5 rings (SSSR count). The molecule has 0 nitrogen and oxygen atoms in total. The van der Waals surface area contributed by atoms with Crippen LogP contribution in [0.5, 0.6) is 0 Å². The average molecular weight is 431 g/mol. The summed E-state index contributed by atoms with van der Waals surface area (Å²) in [6.07, 6.45) is 18.3. The van der Waals surface area contributed by atoms with Crippen LogP contribution in [0.2, 0.25) is 0 Å². The first-order valence-electron chi connectivity index (χ1n) is 13.9. The molecule has 1 aliphatic heterocycles. The third kappa shape index (κ3) is 2.91. The Balaban J connectivity index is 1.48. The van der Waals surface area contributed by atoms with E-state index in [-0.39, 0.29) is 0 Å². The maximum atomic E-state index is 2.79. The van der Waals surface area contributed by atoms with Gasteiger partial charge < -0.3 is 0 Å². The molecule has 0 aromatic carbocycles. The van der Waals surface area contributed by atoms with Crippen molar-refractivity contribution in [3.8, 4) is 0 Å². The Morgan fingerprint density at radius 2 is 1.63 bits per heavy atom. The lowest BCUT2D eigenvalue weighted by Crippen LogP contribution is -2.63. The monoisotopic (exact) mass is 430 g/mol. The predicted molar refractivity (Wildman–Crippen MR) is 133 cm³/mol. The molecule has 4 saturated carbocycles.